The third-order valence-electron chi connectivity index (χ3n) is 7.01. The monoisotopic (exact) mass is 446 g/mol. The van der Waals surface area contributed by atoms with Gasteiger partial charge >= 0.3 is 0 Å². The molecule has 0 N–H and O–H groups in total. The van der Waals surface area contributed by atoms with Crippen molar-refractivity contribution in [2.45, 2.75) is 44.6 Å². The number of aromatic nitrogens is 3. The molecule has 0 aromatic carbocycles. The number of piperazine rings is 1. The number of rotatable bonds is 5. The van der Waals surface area contributed by atoms with E-state index in [0.717, 1.165) is 77.3 Å². The number of aryl methyl sites for hydroxylation is 1. The highest BCUT2D eigenvalue weighted by Crippen LogP contribution is 2.29. The molecule has 7 heteroatoms. The van der Waals surface area contributed by atoms with Crippen molar-refractivity contribution in [3.63, 3.8) is 0 Å². The van der Waals surface area contributed by atoms with Crippen LogP contribution in [0.2, 0.25) is 0 Å². The van der Waals surface area contributed by atoms with Crippen LogP contribution in [0.25, 0.3) is 0 Å². The van der Waals surface area contributed by atoms with Crippen LogP contribution in [0.5, 0.6) is 0 Å². The fourth-order valence-electron chi connectivity index (χ4n) is 5.06. The Morgan fingerprint density at radius 3 is 2.55 bits per heavy atom. The summed E-state index contributed by atoms with van der Waals surface area (Å²) in [5.41, 5.74) is 2.65. The molecule has 174 valence electrons. The summed E-state index contributed by atoms with van der Waals surface area (Å²) in [7, 11) is 0. The van der Waals surface area contributed by atoms with E-state index < -0.39 is 0 Å². The van der Waals surface area contributed by atoms with Gasteiger partial charge in [0.25, 0.3) is 0 Å². The van der Waals surface area contributed by atoms with Gasteiger partial charge in [0.05, 0.1) is 12.6 Å². The maximum absolute atomic E-state index is 6.08. The molecule has 2 aromatic heterocycles. The molecule has 33 heavy (non-hydrogen) atoms. The number of anilines is 2. The number of hydrogen-bond acceptors (Lipinski definition) is 7. The maximum Gasteiger partial charge on any atom is 0.135 e. The molecule has 0 spiro atoms. The number of hydrogen-bond donors (Lipinski definition) is 0. The molecule has 4 heterocycles. The first-order chi connectivity index (χ1) is 16.4. The van der Waals surface area contributed by atoms with Crippen molar-refractivity contribution in [3.05, 3.63) is 42.0 Å². The summed E-state index contributed by atoms with van der Waals surface area (Å²) in [6.07, 6.45) is 10.7. The summed E-state index contributed by atoms with van der Waals surface area (Å²) in [5, 5.41) is 0. The highest BCUT2D eigenvalue weighted by atomic mass is 16.5. The van der Waals surface area contributed by atoms with E-state index >= 15 is 0 Å². The third-order valence-corrected chi connectivity index (χ3v) is 7.01. The molecule has 2 saturated heterocycles. The van der Waals surface area contributed by atoms with Crippen molar-refractivity contribution in [1.29, 1.82) is 0 Å². The van der Waals surface area contributed by atoms with Crippen molar-refractivity contribution >= 4 is 11.6 Å². The largest absolute Gasteiger partial charge is 0.365 e. The first kappa shape index (κ1) is 22.1. The van der Waals surface area contributed by atoms with Gasteiger partial charge in [0.15, 0.2) is 0 Å². The van der Waals surface area contributed by atoms with Crippen LogP contribution in [-0.4, -0.2) is 78.4 Å². The quantitative estimate of drug-likeness (QED) is 0.654. The molecule has 1 aliphatic carbocycles. The SMILES string of the molecule is C(#CCN1CCN(c2ccccn2)CC1)COC1CCN(c2ncnc3c2CCCC3)CC1. The fraction of sp³-hybridized carbons (Fsp3) is 0.577. The highest BCUT2D eigenvalue weighted by molar-refractivity contribution is 5.50. The van der Waals surface area contributed by atoms with Gasteiger partial charge in [0.1, 0.15) is 24.6 Å². The summed E-state index contributed by atoms with van der Waals surface area (Å²) in [6, 6.07) is 6.09. The van der Waals surface area contributed by atoms with Crippen LogP contribution in [-0.2, 0) is 17.6 Å². The molecule has 3 aliphatic rings. The molecule has 5 rings (SSSR count). The molecule has 0 unspecified atom stereocenters. The third kappa shape index (κ3) is 5.63. The predicted octanol–water partition coefficient (Wildman–Crippen LogP) is 2.56. The highest BCUT2D eigenvalue weighted by Gasteiger charge is 2.24. The Balaban J connectivity index is 1.01. The molecule has 0 radical (unpaired) electrons. The van der Waals surface area contributed by atoms with Crippen LogP contribution in [0.15, 0.2) is 30.7 Å². The van der Waals surface area contributed by atoms with Gasteiger partial charge in [-0.2, -0.15) is 0 Å². The molecule has 2 aliphatic heterocycles. The van der Waals surface area contributed by atoms with Crippen LogP contribution in [0.3, 0.4) is 0 Å². The first-order valence-corrected chi connectivity index (χ1v) is 12.4. The van der Waals surface area contributed by atoms with Crippen molar-refractivity contribution in [3.8, 4) is 11.8 Å². The van der Waals surface area contributed by atoms with Gasteiger partial charge in [-0.15, -0.1) is 0 Å². The van der Waals surface area contributed by atoms with Crippen molar-refractivity contribution < 1.29 is 4.74 Å². The summed E-state index contributed by atoms with van der Waals surface area (Å²) in [4.78, 5) is 20.8. The Morgan fingerprint density at radius 1 is 0.879 bits per heavy atom. The van der Waals surface area contributed by atoms with Crippen LogP contribution in [0.4, 0.5) is 11.6 Å². The van der Waals surface area contributed by atoms with Gasteiger partial charge in [-0.05, 0) is 50.7 Å². The molecule has 0 bridgehead atoms. The minimum absolute atomic E-state index is 0.301. The lowest BCUT2D eigenvalue weighted by Gasteiger charge is -2.34. The number of pyridine rings is 1. The molecule has 0 atom stereocenters. The summed E-state index contributed by atoms with van der Waals surface area (Å²) >= 11 is 0. The Morgan fingerprint density at radius 2 is 1.73 bits per heavy atom. The maximum atomic E-state index is 6.08. The van der Waals surface area contributed by atoms with E-state index in [2.05, 4.69) is 47.6 Å². The lowest BCUT2D eigenvalue weighted by molar-refractivity contribution is 0.0593. The van der Waals surface area contributed by atoms with E-state index in [1.807, 2.05) is 18.3 Å². The van der Waals surface area contributed by atoms with Crippen LogP contribution < -0.4 is 9.80 Å². The van der Waals surface area contributed by atoms with E-state index in [-0.39, 0.29) is 0 Å². The lowest BCUT2D eigenvalue weighted by atomic mass is 9.95. The number of fused-ring (bicyclic) bond motifs is 1. The Hall–Kier alpha value is -2.69. The van der Waals surface area contributed by atoms with E-state index in [1.165, 1.54) is 29.9 Å². The van der Waals surface area contributed by atoms with Gasteiger partial charge in [0, 0.05) is 56.7 Å². The molecule has 0 saturated carbocycles. The summed E-state index contributed by atoms with van der Waals surface area (Å²) in [6.45, 7) is 7.41. The van der Waals surface area contributed by atoms with Crippen LogP contribution in [0.1, 0.15) is 36.9 Å². The molecular weight excluding hydrogens is 412 g/mol. The first-order valence-electron chi connectivity index (χ1n) is 12.4. The van der Waals surface area contributed by atoms with Crippen molar-refractivity contribution in [2.75, 3.05) is 62.2 Å². The van der Waals surface area contributed by atoms with E-state index in [1.54, 1.807) is 6.33 Å². The number of piperidine rings is 1. The Kier molecular flexibility index (Phi) is 7.34. The van der Waals surface area contributed by atoms with Gasteiger partial charge < -0.3 is 14.5 Å². The smallest absolute Gasteiger partial charge is 0.135 e. The number of ether oxygens (including phenoxy) is 1. The van der Waals surface area contributed by atoms with Crippen LogP contribution in [0, 0.1) is 11.8 Å². The van der Waals surface area contributed by atoms with Gasteiger partial charge in [-0.1, -0.05) is 17.9 Å². The van der Waals surface area contributed by atoms with E-state index in [9.17, 15) is 0 Å². The summed E-state index contributed by atoms with van der Waals surface area (Å²) < 4.78 is 6.08. The van der Waals surface area contributed by atoms with E-state index in [0.29, 0.717) is 12.7 Å². The second-order valence-corrected chi connectivity index (χ2v) is 9.13. The molecule has 7 nitrogen and oxygen atoms in total. The van der Waals surface area contributed by atoms with Gasteiger partial charge in [-0.25, -0.2) is 15.0 Å². The Bertz CT molecular complexity index is 956. The minimum atomic E-state index is 0.301. The molecule has 0 amide bonds. The normalized spacial score (nSPS) is 19.6. The zero-order valence-corrected chi connectivity index (χ0v) is 19.5. The van der Waals surface area contributed by atoms with Crippen molar-refractivity contribution in [1.82, 2.24) is 19.9 Å². The second-order valence-electron chi connectivity index (χ2n) is 9.13. The molecular formula is C26H34N6O. The minimum Gasteiger partial charge on any atom is -0.365 e. The average molecular weight is 447 g/mol. The van der Waals surface area contributed by atoms with Gasteiger partial charge in [0.2, 0.25) is 0 Å². The second kappa shape index (κ2) is 11.0. The molecule has 2 aromatic rings. The van der Waals surface area contributed by atoms with E-state index in [4.69, 9.17) is 4.74 Å². The fourth-order valence-corrected chi connectivity index (χ4v) is 5.06. The van der Waals surface area contributed by atoms with Gasteiger partial charge in [-0.3, -0.25) is 4.90 Å². The topological polar surface area (TPSA) is 57.6 Å². The lowest BCUT2D eigenvalue weighted by Crippen LogP contribution is -2.46. The average Bonchev–Trinajstić information content (AvgIpc) is 2.89. The zero-order chi connectivity index (χ0) is 22.3. The molecule has 2 fully saturated rings. The summed E-state index contributed by atoms with van der Waals surface area (Å²) in [5.74, 6) is 8.78. The standard InChI is InChI=1S/C26H34N6O/c1-2-8-24-23(7-1)26(29-21-28-24)32-14-10-22(11-15-32)33-20-6-5-13-30-16-18-31(19-17-30)25-9-3-4-12-27-25/h3-4,9,12,21-22H,1-2,7-8,10-11,13-20H2. The van der Waals surface area contributed by atoms with Crippen molar-refractivity contribution in [2.24, 2.45) is 0 Å². The van der Waals surface area contributed by atoms with Crippen LogP contribution >= 0.6 is 0 Å². The predicted molar refractivity (Wildman–Crippen MR) is 131 cm³/mol. The number of nitrogens with zero attached hydrogens (tertiary/aromatic N) is 6. The zero-order valence-electron chi connectivity index (χ0n) is 19.5. The Labute approximate surface area is 197 Å².